The minimum atomic E-state index is -3.77. The molecule has 0 saturated carbocycles. The fraction of sp³-hybridized carbons (Fsp3) is 0.435. The van der Waals surface area contributed by atoms with E-state index in [2.05, 4.69) is 28.7 Å². The lowest BCUT2D eigenvalue weighted by Crippen LogP contribution is -2.43. The van der Waals surface area contributed by atoms with Crippen molar-refractivity contribution in [2.45, 2.75) is 43.7 Å². The first kappa shape index (κ1) is 23.4. The van der Waals surface area contributed by atoms with E-state index < -0.39 is 15.8 Å². The molecular formula is C23H30FN3O3S. The Hall–Kier alpha value is -2.29. The van der Waals surface area contributed by atoms with Crippen LogP contribution < -0.4 is 4.72 Å². The number of sulfonamides is 1. The molecule has 6 nitrogen and oxygen atoms in total. The van der Waals surface area contributed by atoms with Gasteiger partial charge in [-0.3, -0.25) is 9.69 Å². The van der Waals surface area contributed by atoms with Crippen molar-refractivity contribution in [3.63, 3.8) is 0 Å². The lowest BCUT2D eigenvalue weighted by atomic mass is 10.1. The largest absolute Gasteiger partial charge is 0.339 e. The van der Waals surface area contributed by atoms with E-state index in [-0.39, 0.29) is 35.9 Å². The van der Waals surface area contributed by atoms with E-state index in [4.69, 9.17) is 0 Å². The maximum Gasteiger partial charge on any atom is 0.240 e. The molecule has 0 radical (unpaired) electrons. The third-order valence-electron chi connectivity index (χ3n) is 5.88. The Morgan fingerprint density at radius 2 is 1.87 bits per heavy atom. The van der Waals surface area contributed by atoms with Crippen molar-refractivity contribution < 1.29 is 17.6 Å². The first-order valence-electron chi connectivity index (χ1n) is 10.7. The summed E-state index contributed by atoms with van der Waals surface area (Å²) in [5, 5.41) is 0. The highest BCUT2D eigenvalue weighted by Gasteiger charge is 2.32. The van der Waals surface area contributed by atoms with E-state index in [0.717, 1.165) is 31.6 Å². The molecule has 0 bridgehead atoms. The molecule has 31 heavy (non-hydrogen) atoms. The number of nitrogens with one attached hydrogen (secondary N) is 1. The van der Waals surface area contributed by atoms with Crippen LogP contribution in [0, 0.1) is 5.82 Å². The summed E-state index contributed by atoms with van der Waals surface area (Å²) in [7, 11) is -3.77. The molecule has 1 fully saturated rings. The number of hydrogen-bond acceptors (Lipinski definition) is 4. The van der Waals surface area contributed by atoms with Crippen molar-refractivity contribution in [1.29, 1.82) is 0 Å². The van der Waals surface area contributed by atoms with Crippen molar-refractivity contribution in [1.82, 2.24) is 14.5 Å². The number of benzene rings is 2. The molecular weight excluding hydrogens is 417 g/mol. The molecule has 2 atom stereocenters. The Bertz CT molecular complexity index is 967. The van der Waals surface area contributed by atoms with Gasteiger partial charge in [0, 0.05) is 44.7 Å². The van der Waals surface area contributed by atoms with Gasteiger partial charge in [-0.25, -0.2) is 17.5 Å². The summed E-state index contributed by atoms with van der Waals surface area (Å²) in [5.74, 6) is -0.566. The molecule has 1 N–H and O–H groups in total. The number of hydrogen-bond donors (Lipinski definition) is 1. The Kier molecular flexibility index (Phi) is 7.80. The summed E-state index contributed by atoms with van der Waals surface area (Å²) in [5.41, 5.74) is 1.26. The van der Waals surface area contributed by atoms with Gasteiger partial charge < -0.3 is 4.90 Å². The third-order valence-corrected chi connectivity index (χ3v) is 7.36. The lowest BCUT2D eigenvalue weighted by Gasteiger charge is -2.30. The number of nitrogens with zero attached hydrogens (tertiary/aromatic N) is 2. The van der Waals surface area contributed by atoms with Gasteiger partial charge >= 0.3 is 0 Å². The minimum absolute atomic E-state index is 0.00585. The number of halogens is 1. The summed E-state index contributed by atoms with van der Waals surface area (Å²) < 4.78 is 40.1. The predicted octanol–water partition coefficient (Wildman–Crippen LogP) is 3.18. The van der Waals surface area contributed by atoms with Crippen LogP contribution in [0.2, 0.25) is 0 Å². The van der Waals surface area contributed by atoms with Crippen LogP contribution in [-0.4, -0.2) is 56.3 Å². The predicted molar refractivity (Wildman–Crippen MR) is 118 cm³/mol. The first-order chi connectivity index (χ1) is 14.8. The normalized spacial score (nSPS) is 18.1. The van der Waals surface area contributed by atoms with Gasteiger partial charge in [0.2, 0.25) is 15.9 Å². The van der Waals surface area contributed by atoms with E-state index in [9.17, 15) is 17.6 Å². The third kappa shape index (κ3) is 5.90. The number of rotatable bonds is 9. The Labute approximate surface area is 184 Å². The molecule has 2 aromatic carbocycles. The molecule has 168 valence electrons. The first-order valence-corrected chi connectivity index (χ1v) is 12.1. The Morgan fingerprint density at radius 3 is 2.52 bits per heavy atom. The molecule has 1 heterocycles. The van der Waals surface area contributed by atoms with Gasteiger partial charge in [0.05, 0.1) is 4.90 Å². The Morgan fingerprint density at radius 1 is 1.19 bits per heavy atom. The van der Waals surface area contributed by atoms with Gasteiger partial charge in [0.25, 0.3) is 0 Å². The molecule has 1 saturated heterocycles. The quantitative estimate of drug-likeness (QED) is 0.641. The van der Waals surface area contributed by atoms with Crippen LogP contribution in [0.25, 0.3) is 0 Å². The number of likely N-dealkylation sites (tertiary alicyclic amines) is 1. The van der Waals surface area contributed by atoms with Gasteiger partial charge in [-0.2, -0.15) is 0 Å². The molecule has 8 heteroatoms. The second-order valence-electron chi connectivity index (χ2n) is 7.81. The summed E-state index contributed by atoms with van der Waals surface area (Å²) in [6.07, 6.45) is 0.983. The average Bonchev–Trinajstić information content (AvgIpc) is 3.24. The molecule has 2 unspecified atom stereocenters. The number of amides is 1. The second-order valence-corrected chi connectivity index (χ2v) is 9.57. The van der Waals surface area contributed by atoms with Crippen LogP contribution in [0.15, 0.2) is 59.5 Å². The van der Waals surface area contributed by atoms with Crippen LogP contribution >= 0.6 is 0 Å². The van der Waals surface area contributed by atoms with E-state index in [0.29, 0.717) is 6.54 Å². The molecule has 3 rings (SSSR count). The molecule has 2 aromatic rings. The van der Waals surface area contributed by atoms with Crippen LogP contribution in [0.1, 0.15) is 38.3 Å². The van der Waals surface area contributed by atoms with Gasteiger partial charge in [0.15, 0.2) is 0 Å². The molecule has 0 aliphatic carbocycles. The zero-order valence-electron chi connectivity index (χ0n) is 18.0. The van der Waals surface area contributed by atoms with Crippen molar-refractivity contribution in [3.05, 3.63) is 66.0 Å². The molecule has 0 aromatic heterocycles. The van der Waals surface area contributed by atoms with E-state index >= 15 is 0 Å². The summed E-state index contributed by atoms with van der Waals surface area (Å²) in [4.78, 5) is 17.0. The van der Waals surface area contributed by atoms with Gasteiger partial charge in [-0.15, -0.1) is 0 Å². The number of carbonyl (C=O) groups excluding carboxylic acids is 1. The fourth-order valence-corrected chi connectivity index (χ4v) is 5.12. The lowest BCUT2D eigenvalue weighted by molar-refractivity contribution is -0.132. The van der Waals surface area contributed by atoms with Gasteiger partial charge in [0.1, 0.15) is 5.82 Å². The van der Waals surface area contributed by atoms with Crippen molar-refractivity contribution >= 4 is 15.9 Å². The Balaban J connectivity index is 1.53. The molecule has 1 aliphatic rings. The maximum absolute atomic E-state index is 13.0. The molecule has 1 aliphatic heterocycles. The van der Waals surface area contributed by atoms with Crippen LogP contribution in [-0.2, 0) is 14.8 Å². The van der Waals surface area contributed by atoms with E-state index in [1.165, 1.54) is 17.7 Å². The topological polar surface area (TPSA) is 69.7 Å². The van der Waals surface area contributed by atoms with Crippen LogP contribution in [0.3, 0.4) is 0 Å². The SMILES string of the molecule is CCN(C(=O)CCNS(=O)(=O)c1ccc(F)cc1)C1CCN(C(C)c2ccccc2)C1. The van der Waals surface area contributed by atoms with Gasteiger partial charge in [-0.05, 0) is 50.1 Å². The minimum Gasteiger partial charge on any atom is -0.339 e. The van der Waals surface area contributed by atoms with Crippen molar-refractivity contribution in [2.24, 2.45) is 0 Å². The van der Waals surface area contributed by atoms with Gasteiger partial charge in [-0.1, -0.05) is 30.3 Å². The highest BCUT2D eigenvalue weighted by Crippen LogP contribution is 2.26. The smallest absolute Gasteiger partial charge is 0.240 e. The van der Waals surface area contributed by atoms with Crippen LogP contribution in [0.4, 0.5) is 4.39 Å². The second kappa shape index (κ2) is 10.3. The molecule has 0 spiro atoms. The van der Waals surface area contributed by atoms with Crippen molar-refractivity contribution in [2.75, 3.05) is 26.2 Å². The standard InChI is InChI=1S/C23H30FN3O3S/c1-3-27(21-14-16-26(17-21)18(2)19-7-5-4-6-8-19)23(28)13-15-25-31(29,30)22-11-9-20(24)10-12-22/h4-12,18,21,25H,3,13-17H2,1-2H3. The fourth-order valence-electron chi connectivity index (χ4n) is 4.09. The average molecular weight is 448 g/mol. The van der Waals surface area contributed by atoms with Crippen molar-refractivity contribution in [3.8, 4) is 0 Å². The number of carbonyl (C=O) groups is 1. The maximum atomic E-state index is 13.0. The van der Waals surface area contributed by atoms with E-state index in [1.807, 2.05) is 30.0 Å². The zero-order valence-corrected chi connectivity index (χ0v) is 18.8. The highest BCUT2D eigenvalue weighted by atomic mass is 32.2. The zero-order chi connectivity index (χ0) is 22.4. The highest BCUT2D eigenvalue weighted by molar-refractivity contribution is 7.89. The monoisotopic (exact) mass is 447 g/mol. The summed E-state index contributed by atoms with van der Waals surface area (Å²) in [6, 6.07) is 15.3. The molecule has 1 amide bonds. The summed E-state index contributed by atoms with van der Waals surface area (Å²) in [6.45, 7) is 6.44. The van der Waals surface area contributed by atoms with E-state index in [1.54, 1.807) is 0 Å². The summed E-state index contributed by atoms with van der Waals surface area (Å²) >= 11 is 0. The number of likely N-dealkylation sites (N-methyl/N-ethyl adjacent to an activating group) is 1. The van der Waals surface area contributed by atoms with Crippen LogP contribution in [0.5, 0.6) is 0 Å².